The van der Waals surface area contributed by atoms with E-state index in [1.807, 2.05) is 0 Å². The third-order valence-electron chi connectivity index (χ3n) is 1.77. The predicted octanol–water partition coefficient (Wildman–Crippen LogP) is 2.15. The average molecular weight is 324 g/mol. The first-order valence-corrected chi connectivity index (χ1v) is 6.07. The third-order valence-corrected chi connectivity index (χ3v) is 2.12. The Kier molecular flexibility index (Phi) is 9.43. The van der Waals surface area contributed by atoms with E-state index in [-0.39, 0.29) is 19.6 Å². The molecule has 0 spiro atoms. The maximum Gasteiger partial charge on any atom is 0.261 e. The molecule has 0 heterocycles. The zero-order valence-corrected chi connectivity index (χ0v) is 10.6. The van der Waals surface area contributed by atoms with Crippen LogP contribution in [0.4, 0.5) is 17.6 Å². The molecule has 0 saturated heterocycles. The fraction of sp³-hybridized carbons (Fsp3) is 0.889. The predicted molar refractivity (Wildman–Crippen MR) is 57.8 cm³/mol. The summed E-state index contributed by atoms with van der Waals surface area (Å²) in [4.78, 5) is 12.4. The van der Waals surface area contributed by atoms with Gasteiger partial charge in [-0.25, -0.2) is 17.6 Å². The largest absolute Gasteiger partial charge is 0.375 e. The second-order valence-corrected chi connectivity index (χ2v) is 3.93. The molecule has 0 unspecified atom stereocenters. The van der Waals surface area contributed by atoms with Crippen LogP contribution in [0.15, 0.2) is 0 Å². The molecule has 0 rings (SSSR count). The van der Waals surface area contributed by atoms with Gasteiger partial charge in [0.05, 0.1) is 19.6 Å². The lowest BCUT2D eigenvalue weighted by Crippen LogP contribution is -2.37. The molecular formula is C9H14BrF4NO2. The monoisotopic (exact) mass is 323 g/mol. The number of ether oxygens (including phenoxy) is 1. The van der Waals surface area contributed by atoms with Gasteiger partial charge in [-0.1, -0.05) is 15.9 Å². The van der Waals surface area contributed by atoms with Crippen molar-refractivity contribution in [1.29, 1.82) is 0 Å². The molecule has 0 aromatic heterocycles. The first kappa shape index (κ1) is 16.6. The lowest BCUT2D eigenvalue weighted by Gasteiger charge is -2.21. The maximum atomic E-state index is 12.1. The highest BCUT2D eigenvalue weighted by Crippen LogP contribution is 2.03. The lowest BCUT2D eigenvalue weighted by atomic mass is 10.3. The molecule has 0 N–H and O–H groups in total. The molecular weight excluding hydrogens is 310 g/mol. The van der Waals surface area contributed by atoms with Crippen molar-refractivity contribution < 1.29 is 27.1 Å². The van der Waals surface area contributed by atoms with Crippen molar-refractivity contribution in [2.45, 2.75) is 19.3 Å². The van der Waals surface area contributed by atoms with Gasteiger partial charge in [-0.2, -0.15) is 0 Å². The van der Waals surface area contributed by atoms with Gasteiger partial charge in [0.2, 0.25) is 5.91 Å². The number of alkyl halides is 5. The van der Waals surface area contributed by atoms with E-state index >= 15 is 0 Å². The summed E-state index contributed by atoms with van der Waals surface area (Å²) in [5.41, 5.74) is 0. The Balaban J connectivity index is 3.88. The van der Waals surface area contributed by atoms with Crippen LogP contribution in [0, 0.1) is 0 Å². The van der Waals surface area contributed by atoms with E-state index in [1.54, 1.807) is 0 Å². The summed E-state index contributed by atoms with van der Waals surface area (Å²) in [5, 5.41) is 0.378. The number of amides is 1. The second kappa shape index (κ2) is 9.64. The van der Waals surface area contributed by atoms with E-state index in [1.165, 1.54) is 0 Å². The molecule has 0 aliphatic heterocycles. The second-order valence-electron chi connectivity index (χ2n) is 3.14. The summed E-state index contributed by atoms with van der Waals surface area (Å²) in [7, 11) is 0. The topological polar surface area (TPSA) is 29.5 Å². The zero-order chi connectivity index (χ0) is 13.3. The minimum absolute atomic E-state index is 0.151. The van der Waals surface area contributed by atoms with Gasteiger partial charge in [0.15, 0.2) is 0 Å². The summed E-state index contributed by atoms with van der Waals surface area (Å²) in [6.45, 7) is -1.44. The molecule has 0 fully saturated rings. The summed E-state index contributed by atoms with van der Waals surface area (Å²) >= 11 is 3.04. The Morgan fingerprint density at radius 1 is 1.24 bits per heavy atom. The summed E-state index contributed by atoms with van der Waals surface area (Å²) < 4.78 is 52.1. The van der Waals surface area contributed by atoms with Gasteiger partial charge in [-0.15, -0.1) is 0 Å². The summed E-state index contributed by atoms with van der Waals surface area (Å²) in [6.07, 6.45) is -5.38. The Morgan fingerprint density at radius 3 is 2.35 bits per heavy atom. The molecule has 0 saturated carbocycles. The van der Waals surface area contributed by atoms with Gasteiger partial charge in [0.1, 0.15) is 6.61 Å². The molecule has 1 amide bonds. The minimum Gasteiger partial charge on any atom is -0.375 e. The van der Waals surface area contributed by atoms with E-state index in [9.17, 15) is 22.4 Å². The Bertz CT molecular complexity index is 219. The van der Waals surface area contributed by atoms with Crippen LogP contribution in [0.2, 0.25) is 0 Å². The van der Waals surface area contributed by atoms with Crippen LogP contribution in [0.5, 0.6) is 0 Å². The molecule has 8 heteroatoms. The highest BCUT2D eigenvalue weighted by Gasteiger charge is 2.17. The standard InChI is InChI=1S/C9H14BrF4NO2/c10-2-3-15(5-7(11)12)9(16)1-4-17-6-8(13)14/h7-8H,1-6H2. The van der Waals surface area contributed by atoms with Crippen LogP contribution < -0.4 is 0 Å². The van der Waals surface area contributed by atoms with Crippen LogP contribution in [0.3, 0.4) is 0 Å². The van der Waals surface area contributed by atoms with Crippen LogP contribution in [-0.4, -0.2) is 55.3 Å². The number of hydrogen-bond donors (Lipinski definition) is 0. The van der Waals surface area contributed by atoms with Gasteiger partial charge in [0.25, 0.3) is 12.9 Å². The first-order chi connectivity index (χ1) is 7.97. The maximum absolute atomic E-state index is 12.1. The van der Waals surface area contributed by atoms with Crippen molar-refractivity contribution in [1.82, 2.24) is 4.90 Å². The molecule has 0 aliphatic carbocycles. The van der Waals surface area contributed by atoms with Gasteiger partial charge in [0, 0.05) is 11.9 Å². The molecule has 0 atom stereocenters. The molecule has 3 nitrogen and oxygen atoms in total. The van der Waals surface area contributed by atoms with Gasteiger partial charge >= 0.3 is 0 Å². The highest BCUT2D eigenvalue weighted by molar-refractivity contribution is 9.09. The van der Waals surface area contributed by atoms with E-state index in [4.69, 9.17) is 0 Å². The molecule has 102 valence electrons. The molecule has 0 aromatic carbocycles. The fourth-order valence-electron chi connectivity index (χ4n) is 1.08. The average Bonchev–Trinajstić information content (AvgIpc) is 2.22. The Morgan fingerprint density at radius 2 is 1.88 bits per heavy atom. The van der Waals surface area contributed by atoms with E-state index in [2.05, 4.69) is 20.7 Å². The minimum atomic E-state index is -2.61. The number of halogens is 5. The normalized spacial score (nSPS) is 11.2. The quantitative estimate of drug-likeness (QED) is 0.369. The van der Waals surface area contributed by atoms with Crippen molar-refractivity contribution in [3.8, 4) is 0 Å². The van der Waals surface area contributed by atoms with Crippen LogP contribution in [0.1, 0.15) is 6.42 Å². The van der Waals surface area contributed by atoms with Crippen molar-refractivity contribution in [2.24, 2.45) is 0 Å². The summed E-state index contributed by atoms with van der Waals surface area (Å²) in [5.74, 6) is -0.529. The smallest absolute Gasteiger partial charge is 0.261 e. The number of carbonyl (C=O) groups excluding carboxylic acids is 1. The molecule has 17 heavy (non-hydrogen) atoms. The van der Waals surface area contributed by atoms with Crippen molar-refractivity contribution in [3.63, 3.8) is 0 Å². The molecule has 0 bridgehead atoms. The summed E-state index contributed by atoms with van der Waals surface area (Å²) in [6, 6.07) is 0. The lowest BCUT2D eigenvalue weighted by molar-refractivity contribution is -0.134. The van der Waals surface area contributed by atoms with Gasteiger partial charge < -0.3 is 9.64 Å². The van der Waals surface area contributed by atoms with Gasteiger partial charge in [-0.05, 0) is 0 Å². The SMILES string of the molecule is O=C(CCOCC(F)F)N(CCBr)CC(F)F. The Hall–Kier alpha value is -0.370. The number of rotatable bonds is 9. The van der Waals surface area contributed by atoms with Crippen LogP contribution in [0.25, 0.3) is 0 Å². The molecule has 0 aliphatic rings. The van der Waals surface area contributed by atoms with E-state index in [0.717, 1.165) is 4.90 Å². The number of carbonyl (C=O) groups is 1. The molecule has 0 radical (unpaired) electrons. The van der Waals surface area contributed by atoms with Crippen LogP contribution in [-0.2, 0) is 9.53 Å². The van der Waals surface area contributed by atoms with Gasteiger partial charge in [-0.3, -0.25) is 4.79 Å². The molecule has 0 aromatic rings. The van der Waals surface area contributed by atoms with Crippen LogP contribution >= 0.6 is 15.9 Å². The Labute approximate surface area is 105 Å². The highest BCUT2D eigenvalue weighted by atomic mass is 79.9. The number of hydrogen-bond acceptors (Lipinski definition) is 2. The van der Waals surface area contributed by atoms with Crippen molar-refractivity contribution in [3.05, 3.63) is 0 Å². The van der Waals surface area contributed by atoms with E-state index < -0.39 is 31.9 Å². The third kappa shape index (κ3) is 9.34. The van der Waals surface area contributed by atoms with Crippen molar-refractivity contribution in [2.75, 3.05) is 31.6 Å². The van der Waals surface area contributed by atoms with E-state index in [0.29, 0.717) is 5.33 Å². The fourth-order valence-corrected chi connectivity index (χ4v) is 1.50. The van der Waals surface area contributed by atoms with Crippen molar-refractivity contribution >= 4 is 21.8 Å². The first-order valence-electron chi connectivity index (χ1n) is 4.95. The zero-order valence-electron chi connectivity index (χ0n) is 9.05. The number of nitrogens with zero attached hydrogens (tertiary/aromatic N) is 1.